The molecule has 6 aromatic carbocycles. The molecule has 2 aliphatic rings. The zero-order valence-electron chi connectivity index (χ0n) is 31.1. The van der Waals surface area contributed by atoms with E-state index in [0.29, 0.717) is 34.4 Å². The topological polar surface area (TPSA) is 121 Å². The average Bonchev–Trinajstić information content (AvgIpc) is 3.30. The minimum atomic E-state index is -0.715. The second-order valence-electron chi connectivity index (χ2n) is 13.7. The van der Waals surface area contributed by atoms with Crippen molar-refractivity contribution in [1.82, 2.24) is 9.97 Å². The van der Waals surface area contributed by atoms with Crippen LogP contribution in [-0.4, -0.2) is 47.2 Å². The van der Waals surface area contributed by atoms with Crippen molar-refractivity contribution >= 4 is 44.7 Å². The normalized spacial score (nSPS) is 15.1. The lowest BCUT2D eigenvalue weighted by Gasteiger charge is -2.26. The van der Waals surface area contributed by atoms with Gasteiger partial charge in [0, 0.05) is 46.9 Å². The summed E-state index contributed by atoms with van der Waals surface area (Å²) in [5.41, 5.74) is 5.68. The van der Waals surface area contributed by atoms with Gasteiger partial charge in [-0.2, -0.15) is 0 Å². The van der Waals surface area contributed by atoms with E-state index >= 15 is 0 Å². The van der Waals surface area contributed by atoms with E-state index in [-0.39, 0.29) is 25.0 Å². The summed E-state index contributed by atoms with van der Waals surface area (Å²) in [6.45, 7) is 0.341. The Morgan fingerprint density at radius 1 is 0.448 bits per heavy atom. The van der Waals surface area contributed by atoms with E-state index in [2.05, 4.69) is 20.6 Å². The third-order valence-corrected chi connectivity index (χ3v) is 9.90. The van der Waals surface area contributed by atoms with Gasteiger partial charge in [-0.1, -0.05) is 84.9 Å². The molecule has 2 atom stereocenters. The van der Waals surface area contributed by atoms with Gasteiger partial charge in [0.05, 0.1) is 0 Å². The molecule has 284 valence electrons. The molecule has 0 aliphatic carbocycles. The van der Waals surface area contributed by atoms with Gasteiger partial charge in [-0.15, -0.1) is 0 Å². The lowest BCUT2D eigenvalue weighted by atomic mass is 10.1. The molecule has 0 bridgehead atoms. The summed E-state index contributed by atoms with van der Waals surface area (Å²) in [6, 6.07) is 46.7. The second-order valence-corrected chi connectivity index (χ2v) is 13.7. The standard InChI is InChI=1S/2C24H18N2O3/c27-24(26-19-8-5-16(6-9-19)17-11-13-25-14-12-17)22-15-28-23-20-4-2-1-3-18(20)7-10-21(23)29-22;27-24(26-19-8-5-16(6-9-19)17-11-13-25-14-12-17)22-15-28-21-10-7-18-3-1-2-4-20(18)23(21)29-22/h2*1-14,22H,15H2,(H,26,27). The monoisotopic (exact) mass is 764 g/mol. The molecule has 2 unspecified atom stereocenters. The molecule has 0 saturated heterocycles. The Morgan fingerprint density at radius 2 is 0.897 bits per heavy atom. The zero-order chi connectivity index (χ0) is 39.3. The van der Waals surface area contributed by atoms with Crippen molar-refractivity contribution in [2.45, 2.75) is 12.2 Å². The van der Waals surface area contributed by atoms with Crippen LogP contribution in [0.5, 0.6) is 23.0 Å². The summed E-state index contributed by atoms with van der Waals surface area (Å²) < 4.78 is 23.6. The van der Waals surface area contributed by atoms with Crippen molar-refractivity contribution in [3.05, 3.63) is 170 Å². The van der Waals surface area contributed by atoms with Crippen LogP contribution < -0.4 is 29.6 Å². The summed E-state index contributed by atoms with van der Waals surface area (Å²) in [5, 5.41) is 9.85. The summed E-state index contributed by atoms with van der Waals surface area (Å²) in [6.07, 6.45) is 5.61. The molecule has 8 aromatic rings. The molecule has 0 saturated carbocycles. The van der Waals surface area contributed by atoms with E-state index in [0.717, 1.165) is 43.8 Å². The molecule has 0 fully saturated rings. The van der Waals surface area contributed by atoms with Crippen molar-refractivity contribution in [3.63, 3.8) is 0 Å². The lowest BCUT2D eigenvalue weighted by molar-refractivity contribution is -0.125. The van der Waals surface area contributed by atoms with Crippen LogP contribution in [0.25, 0.3) is 43.8 Å². The van der Waals surface area contributed by atoms with Crippen molar-refractivity contribution in [2.24, 2.45) is 0 Å². The SMILES string of the molecule is O=C(Nc1ccc(-c2ccncc2)cc1)C1COc2c(ccc3ccccc23)O1.O=C(Nc1ccc(-c2ccncc2)cc1)C1COc2ccc3ccccc3c2O1. The molecule has 2 aromatic heterocycles. The highest BCUT2D eigenvalue weighted by atomic mass is 16.6. The quantitative estimate of drug-likeness (QED) is 0.172. The fraction of sp³-hybridized carbons (Fsp3) is 0.0833. The summed E-state index contributed by atoms with van der Waals surface area (Å²) in [4.78, 5) is 33.5. The summed E-state index contributed by atoms with van der Waals surface area (Å²) in [7, 11) is 0. The highest BCUT2D eigenvalue weighted by Gasteiger charge is 2.30. The van der Waals surface area contributed by atoms with Crippen LogP contribution >= 0.6 is 0 Å². The number of anilines is 2. The Kier molecular flexibility index (Phi) is 10.0. The van der Waals surface area contributed by atoms with E-state index < -0.39 is 12.2 Å². The fourth-order valence-corrected chi connectivity index (χ4v) is 6.90. The van der Waals surface area contributed by atoms with Gasteiger partial charge >= 0.3 is 0 Å². The molecule has 10 nitrogen and oxygen atoms in total. The third-order valence-electron chi connectivity index (χ3n) is 9.90. The van der Waals surface area contributed by atoms with Crippen LogP contribution in [0.2, 0.25) is 0 Å². The van der Waals surface area contributed by atoms with Gasteiger partial charge in [0.2, 0.25) is 12.2 Å². The molecule has 10 heteroatoms. The first-order chi connectivity index (χ1) is 28.6. The van der Waals surface area contributed by atoms with Gasteiger partial charge in [0.25, 0.3) is 11.8 Å². The highest BCUT2D eigenvalue weighted by molar-refractivity contribution is 5.97. The molecule has 0 spiro atoms. The van der Waals surface area contributed by atoms with Crippen LogP contribution in [0.4, 0.5) is 11.4 Å². The van der Waals surface area contributed by atoms with Crippen molar-refractivity contribution in [3.8, 4) is 45.3 Å². The fourth-order valence-electron chi connectivity index (χ4n) is 6.90. The molecular weight excluding hydrogens is 729 g/mol. The number of nitrogens with zero attached hydrogens (tertiary/aromatic N) is 2. The van der Waals surface area contributed by atoms with E-state index in [9.17, 15) is 9.59 Å². The minimum Gasteiger partial charge on any atom is -0.485 e. The highest BCUT2D eigenvalue weighted by Crippen LogP contribution is 2.40. The minimum absolute atomic E-state index is 0.169. The Hall–Kier alpha value is -7.72. The molecule has 4 heterocycles. The predicted molar refractivity (Wildman–Crippen MR) is 224 cm³/mol. The Morgan fingerprint density at radius 3 is 1.45 bits per heavy atom. The van der Waals surface area contributed by atoms with Crippen LogP contribution in [0.1, 0.15) is 0 Å². The van der Waals surface area contributed by atoms with Crippen molar-refractivity contribution in [2.75, 3.05) is 23.8 Å². The van der Waals surface area contributed by atoms with Crippen molar-refractivity contribution in [1.29, 1.82) is 0 Å². The summed E-state index contributed by atoms with van der Waals surface area (Å²) >= 11 is 0. The number of carbonyl (C=O) groups is 2. The van der Waals surface area contributed by atoms with Crippen LogP contribution in [-0.2, 0) is 9.59 Å². The van der Waals surface area contributed by atoms with Crippen LogP contribution in [0.15, 0.2) is 170 Å². The maximum atomic E-state index is 12.7. The average molecular weight is 765 g/mol. The summed E-state index contributed by atoms with van der Waals surface area (Å²) in [5.74, 6) is 2.08. The molecule has 2 aliphatic heterocycles. The van der Waals surface area contributed by atoms with Crippen molar-refractivity contribution < 1.29 is 28.5 Å². The lowest BCUT2D eigenvalue weighted by Crippen LogP contribution is -2.40. The molecule has 0 radical (unpaired) electrons. The van der Waals surface area contributed by atoms with E-state index in [1.54, 1.807) is 24.8 Å². The van der Waals surface area contributed by atoms with Crippen LogP contribution in [0.3, 0.4) is 0 Å². The first kappa shape index (κ1) is 35.9. The molecule has 58 heavy (non-hydrogen) atoms. The number of pyridine rings is 2. The van der Waals surface area contributed by atoms with Gasteiger partial charge in [-0.25, -0.2) is 0 Å². The Balaban J connectivity index is 0.000000150. The number of ether oxygens (including phenoxy) is 4. The molecular formula is C48H36N4O6. The largest absolute Gasteiger partial charge is 0.485 e. The molecule has 10 rings (SSSR count). The number of rotatable bonds is 6. The van der Waals surface area contributed by atoms with Gasteiger partial charge in [0.15, 0.2) is 23.0 Å². The predicted octanol–water partition coefficient (Wildman–Crippen LogP) is 9.36. The van der Waals surface area contributed by atoms with Gasteiger partial charge < -0.3 is 29.6 Å². The maximum absolute atomic E-state index is 12.7. The first-order valence-electron chi connectivity index (χ1n) is 18.8. The number of nitrogens with one attached hydrogen (secondary N) is 2. The number of hydrogen-bond donors (Lipinski definition) is 2. The number of carbonyl (C=O) groups excluding carboxylic acids is 2. The smallest absolute Gasteiger partial charge is 0.269 e. The maximum Gasteiger partial charge on any atom is 0.269 e. The van der Waals surface area contributed by atoms with Gasteiger partial charge in [-0.05, 0) is 93.7 Å². The van der Waals surface area contributed by atoms with Gasteiger partial charge in [-0.3, -0.25) is 19.6 Å². The number of benzene rings is 6. The van der Waals surface area contributed by atoms with Gasteiger partial charge in [0.1, 0.15) is 13.2 Å². The first-order valence-corrected chi connectivity index (χ1v) is 18.8. The third kappa shape index (κ3) is 7.71. The number of hydrogen-bond acceptors (Lipinski definition) is 8. The number of aromatic nitrogens is 2. The van der Waals surface area contributed by atoms with E-state index in [4.69, 9.17) is 18.9 Å². The Labute approximate surface area is 334 Å². The number of amides is 2. The van der Waals surface area contributed by atoms with E-state index in [1.165, 1.54) is 0 Å². The second kappa shape index (κ2) is 16.2. The zero-order valence-corrected chi connectivity index (χ0v) is 31.1. The van der Waals surface area contributed by atoms with E-state index in [1.807, 2.05) is 146 Å². The van der Waals surface area contributed by atoms with Crippen LogP contribution in [0, 0.1) is 0 Å². The molecule has 2 N–H and O–H groups in total. The molecule has 2 amide bonds. The Bertz CT molecular complexity index is 2730. The number of fused-ring (bicyclic) bond motifs is 6.